The lowest BCUT2D eigenvalue weighted by atomic mass is 10.0. The van der Waals surface area contributed by atoms with Crippen LogP contribution in [0.2, 0.25) is 5.02 Å². The summed E-state index contributed by atoms with van der Waals surface area (Å²) in [5.74, 6) is 1.81. The second-order valence-electron chi connectivity index (χ2n) is 7.32. The molecule has 3 atom stereocenters. The smallest absolute Gasteiger partial charge is 0.226 e. The summed E-state index contributed by atoms with van der Waals surface area (Å²) in [4.78, 5) is 19.4. The summed E-state index contributed by atoms with van der Waals surface area (Å²) in [6.07, 6.45) is 8.63. The third-order valence-corrected chi connectivity index (χ3v) is 5.89. The maximum Gasteiger partial charge on any atom is 0.226 e. The van der Waals surface area contributed by atoms with Gasteiger partial charge in [0.05, 0.1) is 0 Å². The first-order valence-electron chi connectivity index (χ1n) is 9.14. The van der Waals surface area contributed by atoms with Crippen molar-refractivity contribution in [1.29, 1.82) is 0 Å². The molecule has 2 saturated carbocycles. The van der Waals surface area contributed by atoms with Gasteiger partial charge in [-0.2, -0.15) is 0 Å². The van der Waals surface area contributed by atoms with Crippen molar-refractivity contribution in [3.05, 3.63) is 64.9 Å². The van der Waals surface area contributed by atoms with E-state index in [1.807, 2.05) is 47.5 Å². The molecule has 3 nitrogen and oxygen atoms in total. The summed E-state index contributed by atoms with van der Waals surface area (Å²) in [6, 6.07) is 11.8. The number of rotatable bonds is 5. The van der Waals surface area contributed by atoms with E-state index in [0.717, 1.165) is 16.1 Å². The molecule has 0 radical (unpaired) electrons. The first-order chi connectivity index (χ1) is 12.2. The lowest BCUT2D eigenvalue weighted by Gasteiger charge is -2.23. The zero-order chi connectivity index (χ0) is 17.2. The van der Waals surface area contributed by atoms with Gasteiger partial charge >= 0.3 is 0 Å². The molecule has 130 valence electrons. The SMILES string of the molecule is O=C(C1[C@H]2CCCC[C@@H]12)N(Cc1ccc(Cl)cc1)Cc1cccnc1. The fourth-order valence-electron chi connectivity index (χ4n) is 4.30. The van der Waals surface area contributed by atoms with Gasteiger partial charge in [-0.25, -0.2) is 0 Å². The van der Waals surface area contributed by atoms with Gasteiger partial charge in [-0.15, -0.1) is 0 Å². The van der Waals surface area contributed by atoms with Gasteiger partial charge < -0.3 is 4.90 Å². The number of carbonyl (C=O) groups is 1. The highest BCUT2D eigenvalue weighted by Gasteiger charge is 2.55. The molecule has 1 aromatic carbocycles. The van der Waals surface area contributed by atoms with Crippen molar-refractivity contribution in [1.82, 2.24) is 9.88 Å². The molecular formula is C21H23ClN2O. The second-order valence-corrected chi connectivity index (χ2v) is 7.76. The summed E-state index contributed by atoms with van der Waals surface area (Å²) >= 11 is 5.99. The monoisotopic (exact) mass is 354 g/mol. The molecule has 2 aliphatic carbocycles. The van der Waals surface area contributed by atoms with Gasteiger partial charge in [-0.05, 0) is 54.0 Å². The Morgan fingerprint density at radius 3 is 2.36 bits per heavy atom. The predicted molar refractivity (Wildman–Crippen MR) is 98.9 cm³/mol. The summed E-state index contributed by atoms with van der Waals surface area (Å²) in [5, 5.41) is 0.724. The first-order valence-corrected chi connectivity index (χ1v) is 9.52. The number of halogens is 1. The Kier molecular flexibility index (Phi) is 4.76. The van der Waals surface area contributed by atoms with E-state index in [4.69, 9.17) is 11.6 Å². The number of fused-ring (bicyclic) bond motifs is 1. The van der Waals surface area contributed by atoms with Gasteiger partial charge in [-0.1, -0.05) is 42.6 Å². The Morgan fingerprint density at radius 2 is 1.72 bits per heavy atom. The summed E-state index contributed by atoms with van der Waals surface area (Å²) in [5.41, 5.74) is 2.19. The standard InChI is InChI=1S/C21H23ClN2O/c22-17-9-7-15(8-10-17)13-24(14-16-4-3-11-23-12-16)21(25)20-18-5-1-2-6-19(18)20/h3-4,7-12,18-20H,1-2,5-6,13-14H2/t18-,19+,20?. The Labute approximate surface area is 154 Å². The summed E-state index contributed by atoms with van der Waals surface area (Å²) < 4.78 is 0. The van der Waals surface area contributed by atoms with Crippen LogP contribution in [-0.2, 0) is 17.9 Å². The van der Waals surface area contributed by atoms with Crippen LogP contribution in [0.15, 0.2) is 48.8 Å². The third kappa shape index (κ3) is 3.72. The van der Waals surface area contributed by atoms with Crippen LogP contribution >= 0.6 is 11.6 Å². The number of nitrogens with zero attached hydrogens (tertiary/aromatic N) is 2. The Balaban J connectivity index is 1.52. The van der Waals surface area contributed by atoms with Crippen LogP contribution < -0.4 is 0 Å². The topological polar surface area (TPSA) is 33.2 Å². The molecule has 1 unspecified atom stereocenters. The van der Waals surface area contributed by atoms with E-state index in [2.05, 4.69) is 4.98 Å². The van der Waals surface area contributed by atoms with Crippen molar-refractivity contribution >= 4 is 17.5 Å². The molecule has 0 aliphatic heterocycles. The summed E-state index contributed by atoms with van der Waals surface area (Å²) in [7, 11) is 0. The molecule has 25 heavy (non-hydrogen) atoms. The molecular weight excluding hydrogens is 332 g/mol. The fraction of sp³-hybridized carbons (Fsp3) is 0.429. The Hall–Kier alpha value is -1.87. The predicted octanol–water partition coefficient (Wildman–Crippen LogP) is 4.70. The van der Waals surface area contributed by atoms with E-state index in [1.54, 1.807) is 6.20 Å². The van der Waals surface area contributed by atoms with Crippen LogP contribution in [0.4, 0.5) is 0 Å². The number of hydrogen-bond donors (Lipinski definition) is 0. The number of pyridine rings is 1. The van der Waals surface area contributed by atoms with Gasteiger partial charge in [-0.3, -0.25) is 9.78 Å². The van der Waals surface area contributed by atoms with Crippen LogP contribution in [-0.4, -0.2) is 15.8 Å². The van der Waals surface area contributed by atoms with Crippen LogP contribution in [0.25, 0.3) is 0 Å². The molecule has 0 N–H and O–H groups in total. The fourth-order valence-corrected chi connectivity index (χ4v) is 4.43. The molecule has 0 saturated heterocycles. The zero-order valence-electron chi connectivity index (χ0n) is 14.3. The first kappa shape index (κ1) is 16.6. The molecule has 2 fully saturated rings. The van der Waals surface area contributed by atoms with Crippen LogP contribution in [0.3, 0.4) is 0 Å². The largest absolute Gasteiger partial charge is 0.334 e. The normalized spacial score (nSPS) is 24.4. The van der Waals surface area contributed by atoms with Crippen molar-refractivity contribution < 1.29 is 4.79 Å². The lowest BCUT2D eigenvalue weighted by molar-refractivity contribution is -0.134. The number of amides is 1. The maximum atomic E-state index is 13.2. The Morgan fingerprint density at radius 1 is 1.04 bits per heavy atom. The molecule has 1 aromatic heterocycles. The Bertz CT molecular complexity index is 719. The van der Waals surface area contributed by atoms with E-state index in [0.29, 0.717) is 30.8 Å². The van der Waals surface area contributed by atoms with Gasteiger partial charge in [0.1, 0.15) is 0 Å². The van der Waals surface area contributed by atoms with Crippen molar-refractivity contribution in [2.45, 2.75) is 38.8 Å². The molecule has 0 bridgehead atoms. The third-order valence-electron chi connectivity index (χ3n) is 5.64. The minimum atomic E-state index is 0.242. The van der Waals surface area contributed by atoms with Crippen molar-refractivity contribution in [2.75, 3.05) is 0 Å². The van der Waals surface area contributed by atoms with Crippen molar-refractivity contribution in [3.8, 4) is 0 Å². The van der Waals surface area contributed by atoms with Gasteiger partial charge in [0, 0.05) is 36.4 Å². The van der Waals surface area contributed by atoms with Crippen LogP contribution in [0.1, 0.15) is 36.8 Å². The number of hydrogen-bond acceptors (Lipinski definition) is 2. The highest BCUT2D eigenvalue weighted by Crippen LogP contribution is 2.56. The average Bonchev–Trinajstić information content (AvgIpc) is 3.38. The van der Waals surface area contributed by atoms with Gasteiger partial charge in [0.25, 0.3) is 0 Å². The number of aromatic nitrogens is 1. The van der Waals surface area contributed by atoms with E-state index < -0.39 is 0 Å². The number of carbonyl (C=O) groups excluding carboxylic acids is 1. The van der Waals surface area contributed by atoms with E-state index in [9.17, 15) is 4.79 Å². The van der Waals surface area contributed by atoms with E-state index >= 15 is 0 Å². The highest BCUT2D eigenvalue weighted by molar-refractivity contribution is 6.30. The van der Waals surface area contributed by atoms with Crippen LogP contribution in [0.5, 0.6) is 0 Å². The van der Waals surface area contributed by atoms with Crippen LogP contribution in [0, 0.1) is 17.8 Å². The maximum absolute atomic E-state index is 13.2. The molecule has 4 rings (SSSR count). The van der Waals surface area contributed by atoms with E-state index in [-0.39, 0.29) is 5.92 Å². The summed E-state index contributed by atoms with van der Waals surface area (Å²) in [6.45, 7) is 1.24. The zero-order valence-corrected chi connectivity index (χ0v) is 15.0. The number of benzene rings is 1. The minimum absolute atomic E-state index is 0.242. The molecule has 2 aliphatic rings. The van der Waals surface area contributed by atoms with Crippen molar-refractivity contribution in [2.24, 2.45) is 17.8 Å². The minimum Gasteiger partial charge on any atom is -0.334 e. The van der Waals surface area contributed by atoms with Crippen molar-refractivity contribution in [3.63, 3.8) is 0 Å². The quantitative estimate of drug-likeness (QED) is 0.779. The van der Waals surface area contributed by atoms with Gasteiger partial charge in [0.15, 0.2) is 0 Å². The molecule has 4 heteroatoms. The van der Waals surface area contributed by atoms with E-state index in [1.165, 1.54) is 25.7 Å². The van der Waals surface area contributed by atoms with Gasteiger partial charge in [0.2, 0.25) is 5.91 Å². The average molecular weight is 355 g/mol. The highest BCUT2D eigenvalue weighted by atomic mass is 35.5. The second kappa shape index (κ2) is 7.17. The molecule has 1 amide bonds. The molecule has 1 heterocycles. The molecule has 2 aromatic rings. The molecule has 0 spiro atoms. The lowest BCUT2D eigenvalue weighted by Crippen LogP contribution is -2.32.